The van der Waals surface area contributed by atoms with Crippen molar-refractivity contribution in [2.24, 2.45) is 0 Å². The fourth-order valence-corrected chi connectivity index (χ4v) is 5.81. The highest BCUT2D eigenvalue weighted by atomic mass is 32.2. The summed E-state index contributed by atoms with van der Waals surface area (Å²) < 4.78 is 5.21. The van der Waals surface area contributed by atoms with Crippen molar-refractivity contribution in [3.8, 4) is 5.75 Å². The zero-order valence-corrected chi connectivity index (χ0v) is 19.6. The van der Waals surface area contributed by atoms with E-state index in [2.05, 4.69) is 5.32 Å². The first-order chi connectivity index (χ1) is 16.4. The number of hydrogen-bond donors (Lipinski definition) is 1. The Hall–Kier alpha value is -3.78. The van der Waals surface area contributed by atoms with Crippen molar-refractivity contribution < 1.29 is 19.1 Å². The number of nitrogens with zero attached hydrogens (tertiary/aromatic N) is 2. The third kappa shape index (κ3) is 3.51. The molecule has 1 atom stereocenters. The molecule has 3 aromatic rings. The fraction of sp³-hybridized carbons (Fsp3) is 0.192. The molecule has 0 aromatic heterocycles. The number of fused-ring (bicyclic) bond motifs is 2. The fourth-order valence-electron chi connectivity index (χ4n) is 4.45. The van der Waals surface area contributed by atoms with Gasteiger partial charge in [0, 0.05) is 23.0 Å². The van der Waals surface area contributed by atoms with Gasteiger partial charge in [-0.2, -0.15) is 0 Å². The Balaban J connectivity index is 1.49. The lowest BCUT2D eigenvalue weighted by atomic mass is 10.0. The summed E-state index contributed by atoms with van der Waals surface area (Å²) in [6.45, 7) is 1.80. The highest BCUT2D eigenvalue weighted by Gasteiger charge is 2.61. The maximum absolute atomic E-state index is 14.0. The molecule has 2 heterocycles. The van der Waals surface area contributed by atoms with Gasteiger partial charge in [0.25, 0.3) is 5.91 Å². The SMILES string of the molecule is COc1cccc(NC(=O)CN2C(=O)[C@@]3(SCC(=O)N3c3ccc(C)cc3)c3ccccc32)c1. The number of thioether (sulfide) groups is 1. The van der Waals surface area contributed by atoms with E-state index in [0.717, 1.165) is 5.56 Å². The third-order valence-electron chi connectivity index (χ3n) is 6.01. The van der Waals surface area contributed by atoms with Crippen LogP contribution in [0.1, 0.15) is 11.1 Å². The van der Waals surface area contributed by atoms with Crippen molar-refractivity contribution in [3.05, 3.63) is 83.9 Å². The summed E-state index contributed by atoms with van der Waals surface area (Å²) in [7, 11) is 1.56. The number of benzene rings is 3. The van der Waals surface area contributed by atoms with E-state index in [1.807, 2.05) is 55.5 Å². The summed E-state index contributed by atoms with van der Waals surface area (Å²) in [5.74, 6) is 0.0156. The van der Waals surface area contributed by atoms with E-state index in [0.29, 0.717) is 28.4 Å². The second kappa shape index (κ2) is 8.53. The molecule has 0 radical (unpaired) electrons. The molecular formula is C26H23N3O4S. The Morgan fingerprint density at radius 1 is 1.06 bits per heavy atom. The standard InChI is InChI=1S/C26H23N3O4S/c1-17-10-12-19(13-11-17)29-24(31)16-34-26(29)21-8-3-4-9-22(21)28(25(26)32)15-23(30)27-18-6-5-7-20(14-18)33-2/h3-14H,15-16H2,1-2H3,(H,27,30)/t26-/m0/s1. The van der Waals surface area contributed by atoms with Crippen LogP contribution in [0.3, 0.4) is 0 Å². The Kier molecular flexibility index (Phi) is 5.53. The number of amides is 3. The predicted octanol–water partition coefficient (Wildman–Crippen LogP) is 3.92. The predicted molar refractivity (Wildman–Crippen MR) is 133 cm³/mol. The first kappa shape index (κ1) is 22.0. The number of nitrogens with one attached hydrogen (secondary N) is 1. The molecule has 2 aliphatic rings. The summed E-state index contributed by atoms with van der Waals surface area (Å²) >= 11 is 1.30. The Bertz CT molecular complexity index is 1290. The van der Waals surface area contributed by atoms with Gasteiger partial charge in [-0.05, 0) is 37.3 Å². The molecule has 0 unspecified atom stereocenters. The van der Waals surface area contributed by atoms with E-state index >= 15 is 0 Å². The minimum atomic E-state index is -1.24. The molecular weight excluding hydrogens is 450 g/mol. The van der Waals surface area contributed by atoms with Crippen molar-refractivity contribution in [1.82, 2.24) is 0 Å². The zero-order chi connectivity index (χ0) is 23.9. The van der Waals surface area contributed by atoms with Crippen molar-refractivity contribution in [2.45, 2.75) is 11.8 Å². The van der Waals surface area contributed by atoms with Crippen LogP contribution in [0, 0.1) is 6.92 Å². The molecule has 1 spiro atoms. The molecule has 172 valence electrons. The first-order valence-corrected chi connectivity index (χ1v) is 11.8. The molecule has 1 N–H and O–H groups in total. The summed E-state index contributed by atoms with van der Waals surface area (Å²) in [6.07, 6.45) is 0. The topological polar surface area (TPSA) is 79.0 Å². The van der Waals surface area contributed by atoms with Crippen LogP contribution in [0.5, 0.6) is 5.75 Å². The number of carbonyl (C=O) groups is 3. The number of rotatable bonds is 5. The number of methoxy groups -OCH3 is 1. The lowest BCUT2D eigenvalue weighted by molar-refractivity contribution is -0.124. The second-order valence-corrected chi connectivity index (χ2v) is 9.35. The zero-order valence-electron chi connectivity index (χ0n) is 18.8. The Morgan fingerprint density at radius 3 is 2.59 bits per heavy atom. The average Bonchev–Trinajstić information content (AvgIpc) is 3.31. The summed E-state index contributed by atoms with van der Waals surface area (Å²) in [5.41, 5.74) is 3.64. The normalized spacial score (nSPS) is 19.0. The van der Waals surface area contributed by atoms with Crippen molar-refractivity contribution in [2.75, 3.05) is 34.5 Å². The van der Waals surface area contributed by atoms with Crippen molar-refractivity contribution >= 4 is 46.5 Å². The first-order valence-electron chi connectivity index (χ1n) is 10.8. The van der Waals surface area contributed by atoms with Gasteiger partial charge in [-0.1, -0.05) is 42.0 Å². The maximum atomic E-state index is 14.0. The molecule has 1 saturated heterocycles. The lowest BCUT2D eigenvalue weighted by Crippen LogP contribution is -2.50. The molecule has 3 aromatic carbocycles. The summed E-state index contributed by atoms with van der Waals surface area (Å²) in [5, 5.41) is 2.83. The maximum Gasteiger partial charge on any atom is 0.269 e. The van der Waals surface area contributed by atoms with Crippen LogP contribution >= 0.6 is 11.8 Å². The summed E-state index contributed by atoms with van der Waals surface area (Å²) in [6, 6.07) is 21.9. The molecule has 34 heavy (non-hydrogen) atoms. The van der Waals surface area contributed by atoms with E-state index < -0.39 is 4.87 Å². The molecule has 2 aliphatic heterocycles. The molecule has 0 aliphatic carbocycles. The number of hydrogen-bond acceptors (Lipinski definition) is 5. The van der Waals surface area contributed by atoms with Crippen LogP contribution in [0.25, 0.3) is 0 Å². The van der Waals surface area contributed by atoms with E-state index in [1.165, 1.54) is 16.7 Å². The van der Waals surface area contributed by atoms with Crippen LogP contribution < -0.4 is 19.9 Å². The van der Waals surface area contributed by atoms with Gasteiger partial charge in [-0.25, -0.2) is 0 Å². The molecule has 0 saturated carbocycles. The molecule has 3 amide bonds. The number of para-hydroxylation sites is 1. The quantitative estimate of drug-likeness (QED) is 0.608. The Labute approximate surface area is 201 Å². The van der Waals surface area contributed by atoms with E-state index in [-0.39, 0.29) is 30.0 Å². The monoisotopic (exact) mass is 473 g/mol. The van der Waals surface area contributed by atoms with Crippen LogP contribution in [-0.2, 0) is 19.3 Å². The highest BCUT2D eigenvalue weighted by Crippen LogP contribution is 2.55. The van der Waals surface area contributed by atoms with E-state index in [1.54, 1.807) is 36.3 Å². The number of aryl methyl sites for hydroxylation is 1. The minimum absolute atomic E-state index is 0.139. The van der Waals surface area contributed by atoms with Gasteiger partial charge >= 0.3 is 0 Å². The van der Waals surface area contributed by atoms with Crippen LogP contribution in [0.15, 0.2) is 72.8 Å². The van der Waals surface area contributed by atoms with Gasteiger partial charge in [-0.15, -0.1) is 11.8 Å². The number of ether oxygens (including phenoxy) is 1. The molecule has 1 fully saturated rings. The third-order valence-corrected chi connectivity index (χ3v) is 7.40. The number of anilines is 3. The van der Waals surface area contributed by atoms with E-state index in [9.17, 15) is 14.4 Å². The van der Waals surface area contributed by atoms with Crippen LogP contribution in [0.2, 0.25) is 0 Å². The lowest BCUT2D eigenvalue weighted by Gasteiger charge is -2.33. The summed E-state index contributed by atoms with van der Waals surface area (Å²) in [4.78, 5) is 41.8. The minimum Gasteiger partial charge on any atom is -0.497 e. The van der Waals surface area contributed by atoms with Crippen molar-refractivity contribution in [1.29, 1.82) is 0 Å². The van der Waals surface area contributed by atoms with Gasteiger partial charge in [0.15, 0.2) is 0 Å². The van der Waals surface area contributed by atoms with Crippen LogP contribution in [-0.4, -0.2) is 37.1 Å². The Morgan fingerprint density at radius 2 is 1.82 bits per heavy atom. The molecule has 0 bridgehead atoms. The largest absolute Gasteiger partial charge is 0.497 e. The van der Waals surface area contributed by atoms with Gasteiger partial charge in [0.2, 0.25) is 16.7 Å². The van der Waals surface area contributed by atoms with E-state index in [4.69, 9.17) is 4.74 Å². The highest BCUT2D eigenvalue weighted by molar-refractivity contribution is 8.02. The number of carbonyl (C=O) groups excluding carboxylic acids is 3. The molecule has 5 rings (SSSR count). The molecule has 8 heteroatoms. The van der Waals surface area contributed by atoms with Gasteiger partial charge in [0.05, 0.1) is 18.6 Å². The van der Waals surface area contributed by atoms with Gasteiger partial charge in [-0.3, -0.25) is 24.2 Å². The second-order valence-electron chi connectivity index (χ2n) is 8.19. The van der Waals surface area contributed by atoms with Crippen LogP contribution in [0.4, 0.5) is 17.1 Å². The van der Waals surface area contributed by atoms with Crippen molar-refractivity contribution in [3.63, 3.8) is 0 Å². The molecule has 7 nitrogen and oxygen atoms in total. The average molecular weight is 474 g/mol. The smallest absolute Gasteiger partial charge is 0.269 e. The van der Waals surface area contributed by atoms with Gasteiger partial charge in [0.1, 0.15) is 12.3 Å². The van der Waals surface area contributed by atoms with Gasteiger partial charge < -0.3 is 10.1 Å².